The summed E-state index contributed by atoms with van der Waals surface area (Å²) in [6, 6.07) is 26.0. The number of aromatic amines is 1. The number of urea groups is 1. The zero-order valence-corrected chi connectivity index (χ0v) is 17.9. The number of para-hydroxylation sites is 2. The monoisotopic (exact) mass is 427 g/mol. The molecule has 4 aromatic rings. The van der Waals surface area contributed by atoms with Crippen LogP contribution in [0.25, 0.3) is 10.9 Å². The molecule has 6 heteroatoms. The van der Waals surface area contributed by atoms with Crippen molar-refractivity contribution in [2.24, 2.45) is 0 Å². The van der Waals surface area contributed by atoms with Gasteiger partial charge in [-0.25, -0.2) is 4.79 Å². The summed E-state index contributed by atoms with van der Waals surface area (Å²) in [5, 5.41) is 10.6. The molecule has 0 spiro atoms. The topological polar surface area (TPSA) is 76.6 Å². The Balaban J connectivity index is 1.72. The Hall–Kier alpha value is -3.90. The van der Waals surface area contributed by atoms with Crippen LogP contribution in [0.2, 0.25) is 0 Å². The number of anilines is 2. The Kier molecular flexibility index (Phi) is 6.33. The van der Waals surface area contributed by atoms with Crippen LogP contribution in [0.15, 0.2) is 89.7 Å². The van der Waals surface area contributed by atoms with Gasteiger partial charge in [-0.1, -0.05) is 48.0 Å². The highest BCUT2D eigenvalue weighted by Gasteiger charge is 2.24. The van der Waals surface area contributed by atoms with Crippen molar-refractivity contribution in [3.8, 4) is 0 Å². The quantitative estimate of drug-likeness (QED) is 0.473. The fraction of sp³-hybridized carbons (Fsp3) is 0.154. The van der Waals surface area contributed by atoms with E-state index in [2.05, 4.69) is 4.98 Å². The fourth-order valence-corrected chi connectivity index (χ4v) is 3.72. The predicted molar refractivity (Wildman–Crippen MR) is 127 cm³/mol. The van der Waals surface area contributed by atoms with Crippen LogP contribution >= 0.6 is 0 Å². The Morgan fingerprint density at radius 2 is 1.53 bits per heavy atom. The van der Waals surface area contributed by atoms with Gasteiger partial charge >= 0.3 is 6.03 Å². The highest BCUT2D eigenvalue weighted by Crippen LogP contribution is 2.27. The Morgan fingerprint density at radius 3 is 2.12 bits per heavy atom. The molecule has 4 rings (SSSR count). The second-order valence-electron chi connectivity index (χ2n) is 7.65. The van der Waals surface area contributed by atoms with E-state index in [0.717, 1.165) is 16.5 Å². The van der Waals surface area contributed by atoms with Gasteiger partial charge in [-0.05, 0) is 54.8 Å². The average molecular weight is 428 g/mol. The number of benzene rings is 3. The molecule has 6 nitrogen and oxygen atoms in total. The van der Waals surface area contributed by atoms with Gasteiger partial charge in [0.05, 0.1) is 24.5 Å². The van der Waals surface area contributed by atoms with Gasteiger partial charge in [0.15, 0.2) is 0 Å². The first-order valence-corrected chi connectivity index (χ1v) is 10.5. The molecule has 1 heterocycles. The predicted octanol–water partition coefficient (Wildman–Crippen LogP) is 4.59. The number of nitrogens with zero attached hydrogens (tertiary/aromatic N) is 2. The van der Waals surface area contributed by atoms with E-state index in [1.807, 2.05) is 91.9 Å². The molecular weight excluding hydrogens is 402 g/mol. The summed E-state index contributed by atoms with van der Waals surface area (Å²) in [7, 11) is 0. The molecule has 32 heavy (non-hydrogen) atoms. The normalized spacial score (nSPS) is 10.8. The number of fused-ring (bicyclic) bond motifs is 1. The lowest BCUT2D eigenvalue weighted by Crippen LogP contribution is -2.42. The van der Waals surface area contributed by atoms with Gasteiger partial charge in [-0.3, -0.25) is 9.69 Å². The number of hydrogen-bond donors (Lipinski definition) is 2. The molecule has 3 aromatic carbocycles. The summed E-state index contributed by atoms with van der Waals surface area (Å²) < 4.78 is 0. The smallest absolute Gasteiger partial charge is 0.329 e. The highest BCUT2D eigenvalue weighted by molar-refractivity contribution is 5.99. The Bertz CT molecular complexity index is 1230. The summed E-state index contributed by atoms with van der Waals surface area (Å²) in [6.45, 7) is 1.95. The van der Waals surface area contributed by atoms with E-state index < -0.39 is 0 Å². The summed E-state index contributed by atoms with van der Waals surface area (Å²) in [5.74, 6) is 0. The summed E-state index contributed by atoms with van der Waals surface area (Å²) in [4.78, 5) is 32.4. The number of rotatable bonds is 6. The number of pyridine rings is 1. The van der Waals surface area contributed by atoms with Gasteiger partial charge in [0.25, 0.3) is 5.56 Å². The molecule has 0 bridgehead atoms. The maximum Gasteiger partial charge on any atom is 0.329 e. The molecule has 0 saturated carbocycles. The van der Waals surface area contributed by atoms with E-state index in [-0.39, 0.29) is 31.3 Å². The number of carbonyl (C=O) groups is 1. The van der Waals surface area contributed by atoms with Crippen LogP contribution in [0.1, 0.15) is 11.1 Å². The standard InChI is InChI=1S/C26H25N3O3/c1-19-12-13-24-20(16-19)17-21(25(31)27-24)18-28(14-15-30)26(32)29(22-8-4-2-5-9-22)23-10-6-3-7-11-23/h2-13,16-17,30H,14-15,18H2,1H3,(H,27,31). The van der Waals surface area contributed by atoms with E-state index in [4.69, 9.17) is 0 Å². The second-order valence-corrected chi connectivity index (χ2v) is 7.65. The lowest BCUT2D eigenvalue weighted by atomic mass is 10.1. The van der Waals surface area contributed by atoms with Crippen LogP contribution in [-0.2, 0) is 6.54 Å². The molecule has 162 valence electrons. The second kappa shape index (κ2) is 9.49. The third kappa shape index (κ3) is 4.55. The van der Waals surface area contributed by atoms with Crippen LogP contribution in [0.3, 0.4) is 0 Å². The maximum absolute atomic E-state index is 13.7. The molecule has 0 atom stereocenters. The minimum Gasteiger partial charge on any atom is -0.395 e. The molecule has 0 aliphatic rings. The van der Waals surface area contributed by atoms with Gasteiger partial charge < -0.3 is 15.0 Å². The zero-order valence-electron chi connectivity index (χ0n) is 17.9. The van der Waals surface area contributed by atoms with E-state index in [0.29, 0.717) is 16.9 Å². The van der Waals surface area contributed by atoms with Crippen LogP contribution in [0.4, 0.5) is 16.2 Å². The SMILES string of the molecule is Cc1ccc2[nH]c(=O)c(CN(CCO)C(=O)N(c3ccccc3)c3ccccc3)cc2c1. The van der Waals surface area contributed by atoms with Crippen molar-refractivity contribution in [2.75, 3.05) is 18.1 Å². The molecule has 0 fully saturated rings. The minimum atomic E-state index is -0.319. The molecule has 0 unspecified atom stereocenters. The number of aromatic nitrogens is 1. The van der Waals surface area contributed by atoms with Crippen molar-refractivity contribution in [2.45, 2.75) is 13.5 Å². The molecule has 2 amide bonds. The lowest BCUT2D eigenvalue weighted by molar-refractivity contribution is 0.181. The van der Waals surface area contributed by atoms with Crippen LogP contribution < -0.4 is 10.5 Å². The van der Waals surface area contributed by atoms with Crippen molar-refractivity contribution in [1.29, 1.82) is 0 Å². The molecule has 0 aliphatic heterocycles. The molecule has 0 radical (unpaired) electrons. The van der Waals surface area contributed by atoms with E-state index >= 15 is 0 Å². The first-order valence-electron chi connectivity index (χ1n) is 10.5. The van der Waals surface area contributed by atoms with Gasteiger partial charge in [-0.15, -0.1) is 0 Å². The molecule has 1 aromatic heterocycles. The molecule has 2 N–H and O–H groups in total. The number of nitrogens with one attached hydrogen (secondary N) is 1. The van der Waals surface area contributed by atoms with Crippen molar-refractivity contribution in [3.63, 3.8) is 0 Å². The van der Waals surface area contributed by atoms with Crippen LogP contribution in [-0.4, -0.2) is 34.2 Å². The number of H-pyrrole nitrogens is 1. The van der Waals surface area contributed by atoms with E-state index in [1.54, 1.807) is 4.90 Å². The molecule has 0 saturated heterocycles. The maximum atomic E-state index is 13.7. The van der Waals surface area contributed by atoms with Gasteiger partial charge in [0.1, 0.15) is 0 Å². The highest BCUT2D eigenvalue weighted by atomic mass is 16.3. The number of carbonyl (C=O) groups excluding carboxylic acids is 1. The Labute approximate surface area is 186 Å². The first-order chi connectivity index (χ1) is 15.6. The number of amides is 2. The molecule has 0 aliphatic carbocycles. The number of hydrogen-bond acceptors (Lipinski definition) is 3. The van der Waals surface area contributed by atoms with Gasteiger partial charge in [0, 0.05) is 17.6 Å². The first kappa shape index (κ1) is 21.3. The third-order valence-electron chi connectivity index (χ3n) is 5.30. The van der Waals surface area contributed by atoms with Crippen LogP contribution in [0, 0.1) is 6.92 Å². The van der Waals surface area contributed by atoms with E-state index in [1.165, 1.54) is 4.90 Å². The number of aryl methyl sites for hydroxylation is 1. The number of aliphatic hydroxyl groups is 1. The van der Waals surface area contributed by atoms with Crippen molar-refractivity contribution >= 4 is 28.3 Å². The average Bonchev–Trinajstić information content (AvgIpc) is 2.81. The summed E-state index contributed by atoms with van der Waals surface area (Å²) in [5.41, 5.74) is 3.45. The fourth-order valence-electron chi connectivity index (χ4n) is 3.72. The minimum absolute atomic E-state index is 0.0782. The van der Waals surface area contributed by atoms with Crippen molar-refractivity contribution in [3.05, 3.63) is 106 Å². The summed E-state index contributed by atoms with van der Waals surface area (Å²) in [6.07, 6.45) is 0. The molecular formula is C26H25N3O3. The Morgan fingerprint density at radius 1 is 0.906 bits per heavy atom. The van der Waals surface area contributed by atoms with Crippen LogP contribution in [0.5, 0.6) is 0 Å². The summed E-state index contributed by atoms with van der Waals surface area (Å²) >= 11 is 0. The van der Waals surface area contributed by atoms with Crippen molar-refractivity contribution < 1.29 is 9.90 Å². The van der Waals surface area contributed by atoms with E-state index in [9.17, 15) is 14.7 Å². The largest absolute Gasteiger partial charge is 0.395 e. The third-order valence-corrected chi connectivity index (χ3v) is 5.30. The van der Waals surface area contributed by atoms with Gasteiger partial charge in [0.2, 0.25) is 0 Å². The zero-order chi connectivity index (χ0) is 22.5. The van der Waals surface area contributed by atoms with Crippen molar-refractivity contribution in [1.82, 2.24) is 9.88 Å². The lowest BCUT2D eigenvalue weighted by Gasteiger charge is -2.30. The van der Waals surface area contributed by atoms with Gasteiger partial charge in [-0.2, -0.15) is 0 Å². The number of aliphatic hydroxyl groups excluding tert-OH is 1.